The van der Waals surface area contributed by atoms with Crippen LogP contribution in [0.25, 0.3) is 0 Å². The van der Waals surface area contributed by atoms with Crippen LogP contribution in [0.5, 0.6) is 0 Å². The summed E-state index contributed by atoms with van der Waals surface area (Å²) in [4.78, 5) is 22.3. The van der Waals surface area contributed by atoms with Crippen LogP contribution in [0, 0.1) is 0 Å². The number of hydrogen-bond acceptors (Lipinski definition) is 5. The second-order valence-electron chi connectivity index (χ2n) is 8.04. The molecule has 1 spiro atoms. The molecule has 0 bridgehead atoms. The van der Waals surface area contributed by atoms with Gasteiger partial charge in [0.15, 0.2) is 5.60 Å². The number of carbonyl (C=O) groups excluding carboxylic acids is 1. The summed E-state index contributed by atoms with van der Waals surface area (Å²) in [6.45, 7) is 3.65. The van der Waals surface area contributed by atoms with Crippen LogP contribution in [0.3, 0.4) is 0 Å². The third-order valence-electron chi connectivity index (χ3n) is 6.09. The summed E-state index contributed by atoms with van der Waals surface area (Å²) < 4.78 is 11.9. The Labute approximate surface area is 176 Å². The van der Waals surface area contributed by atoms with Crippen molar-refractivity contribution in [3.8, 4) is 0 Å². The van der Waals surface area contributed by atoms with E-state index in [1.54, 1.807) is 12.5 Å². The molecule has 6 heteroatoms. The van der Waals surface area contributed by atoms with E-state index in [2.05, 4.69) is 22.0 Å². The number of furan rings is 1. The van der Waals surface area contributed by atoms with E-state index in [1.807, 2.05) is 53.6 Å². The molecule has 0 unspecified atom stereocenters. The number of hydrogen-bond donors (Lipinski definition) is 0. The molecule has 0 aliphatic carbocycles. The predicted molar refractivity (Wildman–Crippen MR) is 112 cm³/mol. The molecule has 1 amide bonds. The number of rotatable bonds is 5. The van der Waals surface area contributed by atoms with E-state index >= 15 is 0 Å². The van der Waals surface area contributed by atoms with Crippen LogP contribution in [-0.4, -0.2) is 52.5 Å². The standard InChI is InChI=1S/C24H25N3O3/c28-23-24(30-13-11-27(23)15-19-6-2-1-3-7-19)18-26(16-21-9-5-12-29-21)17-22(24)20-8-4-10-25-14-20/h1-10,12,14,22H,11,13,15-18H2/t22-,24-/m1/s1. The molecule has 2 aromatic heterocycles. The zero-order valence-corrected chi connectivity index (χ0v) is 16.8. The summed E-state index contributed by atoms with van der Waals surface area (Å²) in [5.41, 5.74) is 1.27. The van der Waals surface area contributed by atoms with Gasteiger partial charge in [0.2, 0.25) is 0 Å². The third-order valence-corrected chi connectivity index (χ3v) is 6.09. The number of ether oxygens (including phenoxy) is 1. The van der Waals surface area contributed by atoms with Crippen LogP contribution < -0.4 is 0 Å². The lowest BCUT2D eigenvalue weighted by atomic mass is 9.83. The van der Waals surface area contributed by atoms with Gasteiger partial charge in [0, 0.05) is 44.5 Å². The molecular formula is C24H25N3O3. The van der Waals surface area contributed by atoms with E-state index in [-0.39, 0.29) is 11.8 Å². The lowest BCUT2D eigenvalue weighted by Crippen LogP contribution is -2.59. The summed E-state index contributed by atoms with van der Waals surface area (Å²) in [5.74, 6) is 0.877. The Balaban J connectivity index is 1.45. The second kappa shape index (κ2) is 8.05. The fourth-order valence-electron chi connectivity index (χ4n) is 4.70. The van der Waals surface area contributed by atoms with Crippen LogP contribution in [0.2, 0.25) is 0 Å². The van der Waals surface area contributed by atoms with Crippen molar-refractivity contribution in [1.82, 2.24) is 14.8 Å². The number of aromatic nitrogens is 1. The number of benzene rings is 1. The molecule has 3 aromatic rings. The number of likely N-dealkylation sites (tertiary alicyclic amines) is 1. The lowest BCUT2D eigenvalue weighted by Gasteiger charge is -2.42. The minimum atomic E-state index is -0.900. The fourth-order valence-corrected chi connectivity index (χ4v) is 4.70. The van der Waals surface area contributed by atoms with E-state index in [9.17, 15) is 4.79 Å². The summed E-state index contributed by atoms with van der Waals surface area (Å²) in [7, 11) is 0. The molecule has 154 valence electrons. The number of pyridine rings is 1. The van der Waals surface area contributed by atoms with Crippen molar-refractivity contribution >= 4 is 5.91 Å². The van der Waals surface area contributed by atoms with Gasteiger partial charge in [-0.15, -0.1) is 0 Å². The first kappa shape index (κ1) is 19.0. The fraction of sp³-hybridized carbons (Fsp3) is 0.333. The Hall–Kier alpha value is -2.96. The predicted octanol–water partition coefficient (Wildman–Crippen LogP) is 3.07. The maximum absolute atomic E-state index is 13.8. The Morgan fingerprint density at radius 2 is 1.97 bits per heavy atom. The normalized spacial score (nSPS) is 24.6. The van der Waals surface area contributed by atoms with Crippen LogP contribution in [0.4, 0.5) is 0 Å². The lowest BCUT2D eigenvalue weighted by molar-refractivity contribution is -0.173. The molecule has 0 saturated carbocycles. The quantitative estimate of drug-likeness (QED) is 0.655. The average Bonchev–Trinajstić information content (AvgIpc) is 3.42. The molecule has 2 aliphatic heterocycles. The van der Waals surface area contributed by atoms with Gasteiger partial charge in [-0.3, -0.25) is 14.7 Å². The highest BCUT2D eigenvalue weighted by Crippen LogP contribution is 2.42. The Bertz CT molecular complexity index is 977. The second-order valence-corrected chi connectivity index (χ2v) is 8.04. The maximum Gasteiger partial charge on any atom is 0.257 e. The van der Waals surface area contributed by atoms with Crippen molar-refractivity contribution in [3.63, 3.8) is 0 Å². The molecule has 0 N–H and O–H groups in total. The minimum Gasteiger partial charge on any atom is -0.468 e. The molecular weight excluding hydrogens is 378 g/mol. The first-order valence-electron chi connectivity index (χ1n) is 10.4. The number of nitrogens with zero attached hydrogens (tertiary/aromatic N) is 3. The van der Waals surface area contributed by atoms with Gasteiger partial charge in [-0.2, -0.15) is 0 Å². The van der Waals surface area contributed by atoms with Gasteiger partial charge in [-0.25, -0.2) is 0 Å². The largest absolute Gasteiger partial charge is 0.468 e. The van der Waals surface area contributed by atoms with Gasteiger partial charge in [0.25, 0.3) is 5.91 Å². The molecule has 1 aromatic carbocycles. The van der Waals surface area contributed by atoms with E-state index in [0.717, 1.165) is 23.4 Å². The molecule has 2 saturated heterocycles. The molecule has 0 radical (unpaired) electrons. The van der Waals surface area contributed by atoms with Gasteiger partial charge < -0.3 is 14.1 Å². The molecule has 30 heavy (non-hydrogen) atoms. The molecule has 5 rings (SSSR count). The number of amides is 1. The SMILES string of the molecule is O=C1N(Cc2ccccc2)CCO[C@@]12CN(Cc1ccco1)C[C@@H]2c1cccnc1. The summed E-state index contributed by atoms with van der Waals surface area (Å²) in [5, 5.41) is 0. The number of carbonyl (C=O) groups is 1. The van der Waals surface area contributed by atoms with Gasteiger partial charge >= 0.3 is 0 Å². The van der Waals surface area contributed by atoms with E-state index < -0.39 is 5.60 Å². The zero-order valence-electron chi connectivity index (χ0n) is 16.8. The number of morpholine rings is 1. The highest BCUT2D eigenvalue weighted by atomic mass is 16.5. The van der Waals surface area contributed by atoms with Crippen molar-refractivity contribution in [3.05, 3.63) is 90.1 Å². The van der Waals surface area contributed by atoms with Crippen LogP contribution in [0.15, 0.2) is 77.7 Å². The highest BCUT2D eigenvalue weighted by Gasteiger charge is 2.57. The van der Waals surface area contributed by atoms with E-state index in [1.165, 1.54) is 0 Å². The monoisotopic (exact) mass is 403 g/mol. The van der Waals surface area contributed by atoms with Crippen molar-refractivity contribution in [2.24, 2.45) is 0 Å². The van der Waals surface area contributed by atoms with Gasteiger partial charge in [0.05, 0.1) is 19.4 Å². The summed E-state index contributed by atoms with van der Waals surface area (Å²) >= 11 is 0. The zero-order chi connectivity index (χ0) is 20.4. The smallest absolute Gasteiger partial charge is 0.257 e. The van der Waals surface area contributed by atoms with Crippen molar-refractivity contribution in [2.75, 3.05) is 26.2 Å². The van der Waals surface area contributed by atoms with Crippen molar-refractivity contribution < 1.29 is 13.9 Å². The summed E-state index contributed by atoms with van der Waals surface area (Å²) in [6.07, 6.45) is 5.30. The van der Waals surface area contributed by atoms with Crippen molar-refractivity contribution in [1.29, 1.82) is 0 Å². The maximum atomic E-state index is 13.8. The first-order chi connectivity index (χ1) is 14.7. The van der Waals surface area contributed by atoms with Gasteiger partial charge in [-0.1, -0.05) is 36.4 Å². The third kappa shape index (κ3) is 3.53. The van der Waals surface area contributed by atoms with E-state index in [0.29, 0.717) is 32.8 Å². The Kier molecular flexibility index (Phi) is 5.11. The topological polar surface area (TPSA) is 58.8 Å². The Morgan fingerprint density at radius 1 is 1.07 bits per heavy atom. The Morgan fingerprint density at radius 3 is 2.73 bits per heavy atom. The molecule has 4 heterocycles. The molecule has 6 nitrogen and oxygen atoms in total. The molecule has 2 fully saturated rings. The average molecular weight is 403 g/mol. The highest BCUT2D eigenvalue weighted by molar-refractivity contribution is 5.88. The minimum absolute atomic E-state index is 0.0633. The van der Waals surface area contributed by atoms with Crippen LogP contribution >= 0.6 is 0 Å². The van der Waals surface area contributed by atoms with Crippen LogP contribution in [0.1, 0.15) is 22.8 Å². The molecule has 2 atom stereocenters. The van der Waals surface area contributed by atoms with Gasteiger partial charge in [0.1, 0.15) is 5.76 Å². The van der Waals surface area contributed by atoms with Crippen LogP contribution in [-0.2, 0) is 22.6 Å². The first-order valence-corrected chi connectivity index (χ1v) is 10.4. The van der Waals surface area contributed by atoms with E-state index in [4.69, 9.17) is 9.15 Å². The van der Waals surface area contributed by atoms with Gasteiger partial charge in [-0.05, 0) is 29.3 Å². The van der Waals surface area contributed by atoms with Crippen molar-refractivity contribution in [2.45, 2.75) is 24.6 Å². The molecule has 2 aliphatic rings. The summed E-state index contributed by atoms with van der Waals surface area (Å²) in [6, 6.07) is 18.0.